The summed E-state index contributed by atoms with van der Waals surface area (Å²) in [4.78, 5) is 32.3. The zero-order chi connectivity index (χ0) is 36.3. The van der Waals surface area contributed by atoms with Gasteiger partial charge in [-0.1, -0.05) is 55.1 Å². The highest BCUT2D eigenvalue weighted by molar-refractivity contribution is 6.01. The largest absolute Gasteiger partial charge is 0.508 e. The van der Waals surface area contributed by atoms with Gasteiger partial charge in [-0.3, -0.25) is 14.5 Å². The zero-order valence-electron chi connectivity index (χ0n) is 30.5. The van der Waals surface area contributed by atoms with Gasteiger partial charge in [-0.25, -0.2) is 0 Å². The first-order chi connectivity index (χ1) is 25.9. The van der Waals surface area contributed by atoms with Crippen molar-refractivity contribution in [2.24, 2.45) is 0 Å². The van der Waals surface area contributed by atoms with E-state index in [0.29, 0.717) is 43.2 Å². The first kappa shape index (κ1) is 35.0. The highest BCUT2D eigenvalue weighted by atomic mass is 16.5. The van der Waals surface area contributed by atoms with E-state index in [1.54, 1.807) is 4.90 Å². The molecule has 0 radical (unpaired) electrons. The topological polar surface area (TPSA) is 85.4 Å². The van der Waals surface area contributed by atoms with E-state index in [0.717, 1.165) is 81.8 Å². The monoisotopic (exact) mass is 710 g/mol. The molecule has 3 heterocycles. The highest BCUT2D eigenvalue weighted by Gasteiger charge is 2.38. The van der Waals surface area contributed by atoms with E-state index in [9.17, 15) is 14.7 Å². The minimum Gasteiger partial charge on any atom is -0.508 e. The lowest BCUT2D eigenvalue weighted by atomic mass is 9.69. The van der Waals surface area contributed by atoms with E-state index in [1.165, 1.54) is 27.9 Å². The summed E-state index contributed by atoms with van der Waals surface area (Å²) in [6.07, 6.45) is 6.59. The Morgan fingerprint density at radius 3 is 2.40 bits per heavy atom. The number of amides is 2. The number of phenolic OH excluding ortho intramolecular Hbond substituents is 1. The Morgan fingerprint density at radius 2 is 1.60 bits per heavy atom. The number of rotatable bonds is 11. The van der Waals surface area contributed by atoms with Crippen LogP contribution < -0.4 is 15.0 Å². The lowest BCUT2D eigenvalue weighted by molar-refractivity contribution is -0.126. The van der Waals surface area contributed by atoms with Crippen molar-refractivity contribution in [3.05, 3.63) is 137 Å². The quantitative estimate of drug-likeness (QED) is 0.158. The number of anilines is 1. The molecule has 8 nitrogen and oxygen atoms in total. The molecule has 4 aromatic rings. The summed E-state index contributed by atoms with van der Waals surface area (Å²) in [6.45, 7) is 10.2. The maximum absolute atomic E-state index is 13.0. The van der Waals surface area contributed by atoms with Crippen molar-refractivity contribution in [2.45, 2.75) is 69.4 Å². The van der Waals surface area contributed by atoms with Gasteiger partial charge in [0.15, 0.2) is 0 Å². The molecular weight excluding hydrogens is 661 g/mol. The molecule has 3 aliphatic heterocycles. The van der Waals surface area contributed by atoms with Crippen molar-refractivity contribution >= 4 is 17.5 Å². The number of carbonyl (C=O) groups is 2. The molecule has 2 N–H and O–H groups in total. The second-order valence-corrected chi connectivity index (χ2v) is 15.1. The van der Waals surface area contributed by atoms with Gasteiger partial charge in [0, 0.05) is 55.6 Å². The number of phenols is 1. The SMILES string of the molecule is C=C1CCC(N2Cc3cc(OCCCCCN4CCN(c5ccc([C@@H]6c7ccc(O)cc7CC[C@@H]6c6ccccc6)cc5)CC4)ccc3C2=O)C(=O)N1. The molecule has 0 bridgehead atoms. The van der Waals surface area contributed by atoms with Crippen molar-refractivity contribution in [3.63, 3.8) is 0 Å². The first-order valence-corrected chi connectivity index (χ1v) is 19.4. The summed E-state index contributed by atoms with van der Waals surface area (Å²) >= 11 is 0. The van der Waals surface area contributed by atoms with Crippen molar-refractivity contribution in [1.82, 2.24) is 15.1 Å². The fraction of sp³-hybridized carbons (Fsp3) is 0.378. The summed E-state index contributed by atoms with van der Waals surface area (Å²) in [5.41, 5.74) is 8.92. The average molecular weight is 711 g/mol. The highest BCUT2D eigenvalue weighted by Crippen LogP contribution is 2.47. The number of fused-ring (bicyclic) bond motifs is 2. The molecule has 0 spiro atoms. The second-order valence-electron chi connectivity index (χ2n) is 15.1. The summed E-state index contributed by atoms with van der Waals surface area (Å²) in [6, 6.07) is 31.3. The predicted octanol–water partition coefficient (Wildman–Crippen LogP) is 7.37. The molecule has 4 aromatic carbocycles. The minimum atomic E-state index is -0.448. The number of piperidine rings is 1. The molecule has 53 heavy (non-hydrogen) atoms. The molecule has 2 fully saturated rings. The number of unbranched alkanes of at least 4 members (excludes halogenated alkanes) is 2. The Hall–Kier alpha value is -5.08. The fourth-order valence-electron chi connectivity index (χ4n) is 8.92. The van der Waals surface area contributed by atoms with Gasteiger partial charge in [-0.15, -0.1) is 0 Å². The number of hydrogen-bond acceptors (Lipinski definition) is 6. The van der Waals surface area contributed by atoms with Crippen LogP contribution in [0.1, 0.15) is 88.5 Å². The van der Waals surface area contributed by atoms with Gasteiger partial charge in [0.2, 0.25) is 5.91 Å². The van der Waals surface area contributed by atoms with Crippen LogP contribution in [-0.4, -0.2) is 72.1 Å². The van der Waals surface area contributed by atoms with Crippen molar-refractivity contribution in [2.75, 3.05) is 44.2 Å². The normalized spacial score (nSPS) is 21.7. The van der Waals surface area contributed by atoms with Gasteiger partial charge in [-0.2, -0.15) is 0 Å². The van der Waals surface area contributed by atoms with Gasteiger partial charge in [0.25, 0.3) is 5.91 Å². The number of ether oxygens (including phenoxy) is 1. The van der Waals surface area contributed by atoms with Crippen LogP contribution in [0.2, 0.25) is 0 Å². The summed E-state index contributed by atoms with van der Waals surface area (Å²) < 4.78 is 6.08. The van der Waals surface area contributed by atoms with Crippen LogP contribution in [0.5, 0.6) is 11.5 Å². The summed E-state index contributed by atoms with van der Waals surface area (Å²) in [7, 11) is 0. The van der Waals surface area contributed by atoms with Gasteiger partial charge in [0.05, 0.1) is 6.61 Å². The summed E-state index contributed by atoms with van der Waals surface area (Å²) in [5.74, 6) is 1.58. The molecule has 2 amide bonds. The average Bonchev–Trinajstić information content (AvgIpc) is 3.51. The number of nitrogens with zero attached hydrogens (tertiary/aromatic N) is 3. The van der Waals surface area contributed by atoms with Crippen molar-refractivity contribution in [1.29, 1.82) is 0 Å². The van der Waals surface area contributed by atoms with E-state index in [4.69, 9.17) is 4.74 Å². The smallest absolute Gasteiger partial charge is 0.255 e. The number of nitrogens with one attached hydrogen (secondary N) is 1. The zero-order valence-corrected chi connectivity index (χ0v) is 30.5. The Kier molecular flexibility index (Phi) is 10.2. The number of allylic oxidation sites excluding steroid dienone is 1. The molecule has 8 heteroatoms. The molecule has 1 aliphatic carbocycles. The molecule has 0 aromatic heterocycles. The molecule has 3 atom stereocenters. The van der Waals surface area contributed by atoms with E-state index in [-0.39, 0.29) is 17.7 Å². The lowest BCUT2D eigenvalue weighted by Gasteiger charge is -2.37. The molecule has 0 saturated carbocycles. The van der Waals surface area contributed by atoms with Crippen molar-refractivity contribution < 1.29 is 19.4 Å². The number of aryl methyl sites for hydroxylation is 1. The lowest BCUT2D eigenvalue weighted by Crippen LogP contribution is -2.49. The maximum atomic E-state index is 13.0. The molecule has 2 saturated heterocycles. The molecule has 4 aliphatic rings. The number of hydrogen-bond donors (Lipinski definition) is 2. The van der Waals surface area contributed by atoms with E-state index in [2.05, 4.69) is 82.4 Å². The van der Waals surface area contributed by atoms with Gasteiger partial charge in [-0.05, 0) is 128 Å². The van der Waals surface area contributed by atoms with Crippen LogP contribution in [-0.2, 0) is 17.8 Å². The molecular formula is C45H50N4O4. The summed E-state index contributed by atoms with van der Waals surface area (Å²) in [5, 5.41) is 13.0. The second kappa shape index (κ2) is 15.5. The van der Waals surface area contributed by atoms with Gasteiger partial charge in [0.1, 0.15) is 17.5 Å². The predicted molar refractivity (Wildman–Crippen MR) is 209 cm³/mol. The number of piperazine rings is 1. The third-order valence-electron chi connectivity index (χ3n) is 11.8. The van der Waals surface area contributed by atoms with Crippen LogP contribution in [0.15, 0.2) is 103 Å². The van der Waals surface area contributed by atoms with Crippen LogP contribution in [0, 0.1) is 0 Å². The van der Waals surface area contributed by atoms with Crippen molar-refractivity contribution in [3.8, 4) is 11.5 Å². The van der Waals surface area contributed by atoms with Crippen LogP contribution in [0.4, 0.5) is 5.69 Å². The van der Waals surface area contributed by atoms with E-state index < -0.39 is 6.04 Å². The Morgan fingerprint density at radius 1 is 0.792 bits per heavy atom. The number of benzene rings is 4. The Labute approximate surface area is 313 Å². The van der Waals surface area contributed by atoms with Crippen LogP contribution >= 0.6 is 0 Å². The minimum absolute atomic E-state index is 0.0838. The fourth-order valence-corrected chi connectivity index (χ4v) is 8.92. The van der Waals surface area contributed by atoms with E-state index in [1.807, 2.05) is 30.3 Å². The first-order valence-electron chi connectivity index (χ1n) is 19.4. The maximum Gasteiger partial charge on any atom is 0.255 e. The Balaban J connectivity index is 0.780. The third kappa shape index (κ3) is 7.56. The molecule has 1 unspecified atom stereocenters. The van der Waals surface area contributed by atoms with Gasteiger partial charge >= 0.3 is 0 Å². The van der Waals surface area contributed by atoms with E-state index >= 15 is 0 Å². The molecule has 274 valence electrons. The molecule has 8 rings (SSSR count). The number of aromatic hydroxyl groups is 1. The number of carbonyl (C=O) groups excluding carboxylic acids is 2. The Bertz CT molecular complexity index is 1950. The standard InChI is InChI=1S/C45H50N4O4/c1-31-10-21-42(44(51)46-31)49-30-35-29-38(17-20-41(35)45(49)52)53-27-7-3-6-22-47-23-25-48(26-24-47)36-14-11-33(12-15-36)43-39(32-8-4-2-5-9-32)18-13-34-28-37(50)16-19-40(34)43/h2,4-5,8-9,11-12,14-17,19-20,28-29,39,42-43,50H,1,3,6-7,10,13,18,21-27,30H2,(H,46,51)/t39-,42?,43+/m1/s1. The van der Waals surface area contributed by atoms with Crippen LogP contribution in [0.3, 0.4) is 0 Å². The van der Waals surface area contributed by atoms with Crippen LogP contribution in [0.25, 0.3) is 0 Å². The van der Waals surface area contributed by atoms with Gasteiger partial charge < -0.3 is 25.0 Å². The third-order valence-corrected chi connectivity index (χ3v) is 11.8.